The number of carbonyl (C=O) groups excluding carboxylic acids is 1. The Labute approximate surface area is 235 Å². The molecule has 0 bridgehead atoms. The number of fused-ring (bicyclic) bond motifs is 1. The summed E-state index contributed by atoms with van der Waals surface area (Å²) in [7, 11) is -0.807. The standard InChI is InChI=1S/C30H35N3O6S/c1-21-18-33(22(2)20-34)30(35)27-16-24(11-10-23-8-6-5-7-9-23)17-31-29(27)39-28(21)19-32(3)40(36,37)26-14-12-25(38-4)13-15-26/h5-17,21-22,28,34H,18-20H2,1-4H3/b11-10+/t21-,22+,28+/m1/s1. The molecule has 0 radical (unpaired) electrons. The first-order valence-electron chi connectivity index (χ1n) is 13.1. The Hall–Kier alpha value is -3.73. The van der Waals surface area contributed by atoms with Crippen LogP contribution in [0.5, 0.6) is 11.6 Å². The van der Waals surface area contributed by atoms with E-state index in [1.165, 1.54) is 30.6 Å². The number of likely N-dealkylation sites (N-methyl/N-ethyl adjacent to an activating group) is 1. The van der Waals surface area contributed by atoms with Gasteiger partial charge in [-0.25, -0.2) is 13.4 Å². The number of benzene rings is 2. The van der Waals surface area contributed by atoms with Gasteiger partial charge in [-0.2, -0.15) is 4.31 Å². The Kier molecular flexibility index (Phi) is 9.24. The summed E-state index contributed by atoms with van der Waals surface area (Å²) in [6.45, 7) is 3.75. The molecule has 9 nitrogen and oxygen atoms in total. The SMILES string of the molecule is COc1ccc(S(=O)(=O)N(C)C[C@@H]2Oc3ncc(/C=C/c4ccccc4)cc3C(=O)N([C@@H](C)CO)C[C@H]2C)cc1. The molecule has 4 rings (SSSR count). The summed E-state index contributed by atoms with van der Waals surface area (Å²) in [6.07, 6.45) is 4.79. The second-order valence-corrected chi connectivity index (χ2v) is 12.0. The van der Waals surface area contributed by atoms with E-state index in [0.717, 1.165) is 5.56 Å². The van der Waals surface area contributed by atoms with Gasteiger partial charge < -0.3 is 19.5 Å². The van der Waals surface area contributed by atoms with Crippen LogP contribution in [0.4, 0.5) is 0 Å². The Morgan fingerprint density at radius 2 is 1.82 bits per heavy atom. The summed E-state index contributed by atoms with van der Waals surface area (Å²) in [5, 5.41) is 9.90. The fraction of sp³-hybridized carbons (Fsp3) is 0.333. The number of hydrogen-bond acceptors (Lipinski definition) is 7. The normalized spacial score (nSPS) is 18.6. The van der Waals surface area contributed by atoms with Crippen LogP contribution in [0, 0.1) is 5.92 Å². The van der Waals surface area contributed by atoms with E-state index in [0.29, 0.717) is 11.3 Å². The number of nitrogens with zero attached hydrogens (tertiary/aromatic N) is 3. The lowest BCUT2D eigenvalue weighted by molar-refractivity contribution is 0.0373. The molecule has 0 aliphatic carbocycles. The summed E-state index contributed by atoms with van der Waals surface area (Å²) in [5.74, 6) is 0.119. The van der Waals surface area contributed by atoms with Gasteiger partial charge in [-0.15, -0.1) is 0 Å². The van der Waals surface area contributed by atoms with Crippen molar-refractivity contribution in [2.75, 3.05) is 33.9 Å². The lowest BCUT2D eigenvalue weighted by atomic mass is 10.00. The van der Waals surface area contributed by atoms with E-state index in [9.17, 15) is 18.3 Å². The van der Waals surface area contributed by atoms with Crippen LogP contribution in [-0.2, 0) is 10.0 Å². The highest BCUT2D eigenvalue weighted by Crippen LogP contribution is 2.29. The minimum absolute atomic E-state index is 0.0296. The lowest BCUT2D eigenvalue weighted by Crippen LogP contribution is -2.50. The number of hydrogen-bond donors (Lipinski definition) is 1. The Morgan fingerprint density at radius 3 is 2.48 bits per heavy atom. The molecule has 0 saturated heterocycles. The molecule has 212 valence electrons. The molecule has 2 aromatic carbocycles. The third-order valence-electron chi connectivity index (χ3n) is 7.01. The van der Waals surface area contributed by atoms with Crippen LogP contribution in [0.15, 0.2) is 71.8 Å². The minimum atomic E-state index is -3.82. The molecule has 1 N–H and O–H groups in total. The smallest absolute Gasteiger partial charge is 0.259 e. The number of pyridine rings is 1. The first-order valence-corrected chi connectivity index (χ1v) is 14.5. The summed E-state index contributed by atoms with van der Waals surface area (Å²) < 4.78 is 39.3. The zero-order valence-corrected chi connectivity index (χ0v) is 23.9. The molecule has 1 aliphatic heterocycles. The summed E-state index contributed by atoms with van der Waals surface area (Å²) in [4.78, 5) is 19.8. The molecule has 1 aliphatic rings. The fourth-order valence-electron chi connectivity index (χ4n) is 4.46. The molecule has 10 heteroatoms. The van der Waals surface area contributed by atoms with Crippen molar-refractivity contribution in [3.8, 4) is 11.6 Å². The van der Waals surface area contributed by atoms with Gasteiger partial charge in [-0.05, 0) is 48.4 Å². The van der Waals surface area contributed by atoms with Crippen molar-refractivity contribution in [1.82, 2.24) is 14.2 Å². The fourth-order valence-corrected chi connectivity index (χ4v) is 5.65. The molecule has 0 fully saturated rings. The van der Waals surface area contributed by atoms with Gasteiger partial charge in [0, 0.05) is 25.7 Å². The number of amides is 1. The second kappa shape index (κ2) is 12.6. The maximum absolute atomic E-state index is 13.6. The molecule has 3 atom stereocenters. The quantitative estimate of drug-likeness (QED) is 0.420. The van der Waals surface area contributed by atoms with Gasteiger partial charge in [-0.1, -0.05) is 49.4 Å². The van der Waals surface area contributed by atoms with Crippen LogP contribution in [0.3, 0.4) is 0 Å². The van der Waals surface area contributed by atoms with Crippen LogP contribution in [0.1, 0.15) is 35.3 Å². The summed E-state index contributed by atoms with van der Waals surface area (Å²) >= 11 is 0. The van der Waals surface area contributed by atoms with Crippen LogP contribution >= 0.6 is 0 Å². The van der Waals surface area contributed by atoms with Gasteiger partial charge in [0.1, 0.15) is 17.4 Å². The van der Waals surface area contributed by atoms with E-state index in [-0.39, 0.29) is 47.9 Å². The monoisotopic (exact) mass is 565 g/mol. The van der Waals surface area contributed by atoms with Crippen molar-refractivity contribution in [1.29, 1.82) is 0 Å². The van der Waals surface area contributed by atoms with E-state index < -0.39 is 22.2 Å². The predicted octanol–water partition coefficient (Wildman–Crippen LogP) is 3.80. The average molecular weight is 566 g/mol. The molecular formula is C30H35N3O6S. The van der Waals surface area contributed by atoms with Crippen molar-refractivity contribution >= 4 is 28.1 Å². The molecule has 0 spiro atoms. The Balaban J connectivity index is 1.65. The van der Waals surface area contributed by atoms with Crippen LogP contribution in [-0.4, -0.2) is 79.6 Å². The van der Waals surface area contributed by atoms with Crippen molar-refractivity contribution in [2.45, 2.75) is 30.9 Å². The van der Waals surface area contributed by atoms with E-state index in [2.05, 4.69) is 4.98 Å². The van der Waals surface area contributed by atoms with Crippen molar-refractivity contribution in [3.05, 3.63) is 83.6 Å². The molecule has 0 unspecified atom stereocenters. The molecule has 3 aromatic rings. The molecule has 40 heavy (non-hydrogen) atoms. The van der Waals surface area contributed by atoms with E-state index >= 15 is 0 Å². The number of ether oxygens (including phenoxy) is 2. The number of carbonyl (C=O) groups is 1. The largest absolute Gasteiger partial charge is 0.497 e. The van der Waals surface area contributed by atoms with Crippen LogP contribution < -0.4 is 9.47 Å². The zero-order chi connectivity index (χ0) is 28.9. The number of aromatic nitrogens is 1. The molecule has 0 saturated carbocycles. The maximum atomic E-state index is 13.6. The predicted molar refractivity (Wildman–Crippen MR) is 154 cm³/mol. The van der Waals surface area contributed by atoms with Gasteiger partial charge >= 0.3 is 0 Å². The highest BCUT2D eigenvalue weighted by molar-refractivity contribution is 7.89. The number of methoxy groups -OCH3 is 1. The Bertz CT molecular complexity index is 1440. The zero-order valence-electron chi connectivity index (χ0n) is 23.1. The highest BCUT2D eigenvalue weighted by atomic mass is 32.2. The van der Waals surface area contributed by atoms with Crippen LogP contribution in [0.2, 0.25) is 0 Å². The molecule has 2 heterocycles. The molecular weight excluding hydrogens is 530 g/mol. The topological polar surface area (TPSA) is 109 Å². The van der Waals surface area contributed by atoms with Gasteiger partial charge in [0.25, 0.3) is 5.91 Å². The lowest BCUT2D eigenvalue weighted by Gasteiger charge is -2.37. The third kappa shape index (κ3) is 6.52. The van der Waals surface area contributed by atoms with Crippen molar-refractivity contribution < 1.29 is 27.8 Å². The summed E-state index contributed by atoms with van der Waals surface area (Å²) in [5.41, 5.74) is 1.97. The van der Waals surface area contributed by atoms with E-state index in [1.807, 2.05) is 49.4 Å². The Morgan fingerprint density at radius 1 is 1.15 bits per heavy atom. The molecule has 1 amide bonds. The third-order valence-corrected chi connectivity index (χ3v) is 8.85. The summed E-state index contributed by atoms with van der Waals surface area (Å²) in [6, 6.07) is 17.2. The van der Waals surface area contributed by atoms with Crippen LogP contribution in [0.25, 0.3) is 12.2 Å². The second-order valence-electron chi connectivity index (χ2n) is 9.95. The number of aliphatic hydroxyl groups is 1. The van der Waals surface area contributed by atoms with Crippen molar-refractivity contribution in [3.63, 3.8) is 0 Å². The van der Waals surface area contributed by atoms with Gasteiger partial charge in [0.05, 0.1) is 31.2 Å². The average Bonchev–Trinajstić information content (AvgIpc) is 2.98. The van der Waals surface area contributed by atoms with Gasteiger partial charge in [0.2, 0.25) is 15.9 Å². The number of rotatable bonds is 9. The van der Waals surface area contributed by atoms with Crippen molar-refractivity contribution in [2.24, 2.45) is 5.92 Å². The highest BCUT2D eigenvalue weighted by Gasteiger charge is 2.35. The number of aliphatic hydroxyl groups excluding tert-OH is 1. The minimum Gasteiger partial charge on any atom is -0.497 e. The molecule has 1 aromatic heterocycles. The first kappa shape index (κ1) is 29.3. The first-order chi connectivity index (χ1) is 19.1. The van der Waals surface area contributed by atoms with Gasteiger partial charge in [0.15, 0.2) is 0 Å². The maximum Gasteiger partial charge on any atom is 0.259 e. The van der Waals surface area contributed by atoms with E-state index in [1.54, 1.807) is 36.2 Å². The number of sulfonamides is 1. The van der Waals surface area contributed by atoms with Gasteiger partial charge in [-0.3, -0.25) is 4.79 Å². The van der Waals surface area contributed by atoms with E-state index in [4.69, 9.17) is 9.47 Å².